The summed E-state index contributed by atoms with van der Waals surface area (Å²) >= 11 is 7.58. The van der Waals surface area contributed by atoms with Crippen molar-refractivity contribution in [2.45, 2.75) is 51.5 Å². The predicted octanol–water partition coefficient (Wildman–Crippen LogP) is 4.84. The highest BCUT2D eigenvalue weighted by molar-refractivity contribution is 7.13. The van der Waals surface area contributed by atoms with E-state index in [4.69, 9.17) is 11.6 Å². The first kappa shape index (κ1) is 14.8. The van der Waals surface area contributed by atoms with Gasteiger partial charge in [0.05, 0.1) is 28.1 Å². The summed E-state index contributed by atoms with van der Waals surface area (Å²) in [5.74, 6) is 0.0620. The number of halogens is 1. The lowest BCUT2D eigenvalue weighted by Gasteiger charge is -2.21. The third-order valence-electron chi connectivity index (χ3n) is 4.11. The maximum Gasteiger partial charge on any atom is 0.180 e. The van der Waals surface area contributed by atoms with Crippen molar-refractivity contribution >= 4 is 28.7 Å². The molecule has 0 N–H and O–H groups in total. The van der Waals surface area contributed by atoms with E-state index in [0.717, 1.165) is 11.3 Å². The van der Waals surface area contributed by atoms with Crippen molar-refractivity contribution in [1.29, 1.82) is 0 Å². The van der Waals surface area contributed by atoms with Crippen molar-refractivity contribution in [2.75, 3.05) is 0 Å². The van der Waals surface area contributed by atoms with Crippen molar-refractivity contribution in [1.82, 2.24) is 9.78 Å². The summed E-state index contributed by atoms with van der Waals surface area (Å²) in [4.78, 5) is 13.0. The van der Waals surface area contributed by atoms with Crippen molar-refractivity contribution in [3.05, 3.63) is 38.8 Å². The second-order valence-electron chi connectivity index (χ2n) is 5.74. The summed E-state index contributed by atoms with van der Waals surface area (Å²) in [6.07, 6.45) is 8.64. The molecule has 0 aliphatic heterocycles. The zero-order chi connectivity index (χ0) is 14.8. The lowest BCUT2D eigenvalue weighted by molar-refractivity contribution is 0.0995. The molecule has 2 heterocycles. The minimum Gasteiger partial charge on any atom is -0.293 e. The summed E-state index contributed by atoms with van der Waals surface area (Å²) in [5.41, 5.74) is 1.81. The van der Waals surface area contributed by atoms with Crippen LogP contribution < -0.4 is 0 Å². The topological polar surface area (TPSA) is 34.9 Å². The Kier molecular flexibility index (Phi) is 4.45. The van der Waals surface area contributed by atoms with Crippen LogP contribution in [0.2, 0.25) is 5.02 Å². The van der Waals surface area contributed by atoms with E-state index in [1.165, 1.54) is 43.4 Å². The van der Waals surface area contributed by atoms with Crippen LogP contribution in [0.15, 0.2) is 17.6 Å². The van der Waals surface area contributed by atoms with Gasteiger partial charge in [-0.1, -0.05) is 30.9 Å². The van der Waals surface area contributed by atoms with Crippen LogP contribution in [-0.2, 0) is 6.42 Å². The van der Waals surface area contributed by atoms with E-state index >= 15 is 0 Å². The Morgan fingerprint density at radius 2 is 2.19 bits per heavy atom. The third-order valence-corrected chi connectivity index (χ3v) is 5.84. The van der Waals surface area contributed by atoms with Crippen molar-refractivity contribution in [3.8, 4) is 0 Å². The zero-order valence-electron chi connectivity index (χ0n) is 12.1. The van der Waals surface area contributed by atoms with Crippen molar-refractivity contribution < 1.29 is 4.79 Å². The number of aromatic nitrogens is 2. The molecular formula is C16H19ClN2OS. The molecule has 0 unspecified atom stereocenters. The van der Waals surface area contributed by atoms with E-state index in [1.807, 2.05) is 29.2 Å². The molecule has 1 aliphatic rings. The van der Waals surface area contributed by atoms with Gasteiger partial charge in [-0.15, -0.1) is 11.3 Å². The first-order chi connectivity index (χ1) is 10.1. The fourth-order valence-corrected chi connectivity index (χ4v) is 4.12. The molecule has 1 saturated carbocycles. The number of Topliss-reactive ketones (excluding diaryl/α,β-unsaturated/α-hetero) is 1. The van der Waals surface area contributed by atoms with Crippen LogP contribution in [0.25, 0.3) is 0 Å². The number of aryl methyl sites for hydroxylation is 1. The minimum atomic E-state index is 0.0620. The lowest BCUT2D eigenvalue weighted by atomic mass is 9.96. The molecule has 0 bridgehead atoms. The maximum absolute atomic E-state index is 12.3. The number of ketones is 1. The Balaban J connectivity index is 1.69. The van der Waals surface area contributed by atoms with Gasteiger partial charge in [0, 0.05) is 6.20 Å². The van der Waals surface area contributed by atoms with Gasteiger partial charge in [-0.25, -0.2) is 0 Å². The molecule has 0 radical (unpaired) electrons. The van der Waals surface area contributed by atoms with Gasteiger partial charge in [-0.05, 0) is 36.8 Å². The maximum atomic E-state index is 12.3. The van der Waals surface area contributed by atoms with Gasteiger partial charge in [0.2, 0.25) is 0 Å². The van der Waals surface area contributed by atoms with Crippen molar-refractivity contribution in [2.24, 2.45) is 0 Å². The summed E-state index contributed by atoms with van der Waals surface area (Å²) in [5, 5.41) is 7.11. The number of nitrogens with zero attached hydrogens (tertiary/aromatic N) is 2. The van der Waals surface area contributed by atoms with Crippen LogP contribution in [0, 0.1) is 6.92 Å². The SMILES string of the molecule is Cc1csc(C(=O)Cc2ccn(C3CCCCC3)n2)c1Cl. The lowest BCUT2D eigenvalue weighted by Crippen LogP contribution is -2.14. The number of hydrogen-bond acceptors (Lipinski definition) is 3. The molecule has 2 aromatic heterocycles. The average Bonchev–Trinajstić information content (AvgIpc) is 3.08. The first-order valence-corrected chi connectivity index (χ1v) is 8.71. The summed E-state index contributed by atoms with van der Waals surface area (Å²) in [7, 11) is 0. The second-order valence-corrected chi connectivity index (χ2v) is 7.00. The van der Waals surface area contributed by atoms with Gasteiger partial charge in [-0.2, -0.15) is 5.10 Å². The van der Waals surface area contributed by atoms with E-state index < -0.39 is 0 Å². The third kappa shape index (κ3) is 3.22. The molecule has 3 rings (SSSR count). The molecule has 112 valence electrons. The summed E-state index contributed by atoms with van der Waals surface area (Å²) in [6, 6.07) is 2.47. The fourth-order valence-electron chi connectivity index (χ4n) is 2.88. The molecule has 0 saturated heterocycles. The molecule has 0 atom stereocenters. The molecule has 3 nitrogen and oxygen atoms in total. The molecule has 1 fully saturated rings. The van der Waals surface area contributed by atoms with E-state index in [2.05, 4.69) is 5.10 Å². The van der Waals surface area contributed by atoms with Gasteiger partial charge in [0.15, 0.2) is 5.78 Å². The Bertz CT molecular complexity index is 640. The molecule has 21 heavy (non-hydrogen) atoms. The summed E-state index contributed by atoms with van der Waals surface area (Å²) < 4.78 is 2.04. The largest absolute Gasteiger partial charge is 0.293 e. The van der Waals surface area contributed by atoms with E-state index in [1.54, 1.807) is 0 Å². The Morgan fingerprint density at radius 3 is 2.86 bits per heavy atom. The smallest absolute Gasteiger partial charge is 0.180 e. The number of thiophene rings is 1. The molecular weight excluding hydrogens is 304 g/mol. The van der Waals surface area contributed by atoms with Crippen LogP contribution in [0.5, 0.6) is 0 Å². The van der Waals surface area contributed by atoms with E-state index in [9.17, 15) is 4.79 Å². The first-order valence-electron chi connectivity index (χ1n) is 7.46. The van der Waals surface area contributed by atoms with Crippen LogP contribution in [-0.4, -0.2) is 15.6 Å². The van der Waals surface area contributed by atoms with Crippen LogP contribution >= 0.6 is 22.9 Å². The second kappa shape index (κ2) is 6.32. The Labute approximate surface area is 133 Å². The van der Waals surface area contributed by atoms with Gasteiger partial charge >= 0.3 is 0 Å². The molecule has 1 aliphatic carbocycles. The van der Waals surface area contributed by atoms with Crippen LogP contribution in [0.3, 0.4) is 0 Å². The average molecular weight is 323 g/mol. The number of rotatable bonds is 4. The van der Waals surface area contributed by atoms with Gasteiger partial charge in [0.25, 0.3) is 0 Å². The highest BCUT2D eigenvalue weighted by Crippen LogP contribution is 2.29. The van der Waals surface area contributed by atoms with Crippen LogP contribution in [0.1, 0.15) is 59.1 Å². The van der Waals surface area contributed by atoms with Crippen molar-refractivity contribution in [3.63, 3.8) is 0 Å². The highest BCUT2D eigenvalue weighted by atomic mass is 35.5. The monoisotopic (exact) mass is 322 g/mol. The number of carbonyl (C=O) groups excluding carboxylic acids is 1. The zero-order valence-corrected chi connectivity index (χ0v) is 13.7. The number of hydrogen-bond donors (Lipinski definition) is 0. The van der Waals surface area contributed by atoms with Gasteiger partial charge < -0.3 is 0 Å². The Morgan fingerprint density at radius 1 is 1.43 bits per heavy atom. The fraction of sp³-hybridized carbons (Fsp3) is 0.500. The standard InChI is InChI=1S/C16H19ClN2OS/c1-11-10-21-16(15(11)17)14(20)9-12-7-8-19(18-12)13-5-3-2-4-6-13/h7-8,10,13H,2-6,9H2,1H3. The molecule has 0 aromatic carbocycles. The van der Waals surface area contributed by atoms with Gasteiger partial charge in [0.1, 0.15) is 0 Å². The molecule has 0 amide bonds. The van der Waals surface area contributed by atoms with E-state index in [0.29, 0.717) is 22.4 Å². The van der Waals surface area contributed by atoms with E-state index in [-0.39, 0.29) is 5.78 Å². The quantitative estimate of drug-likeness (QED) is 0.755. The predicted molar refractivity (Wildman–Crippen MR) is 86.4 cm³/mol. The summed E-state index contributed by atoms with van der Waals surface area (Å²) in [6.45, 7) is 1.92. The normalized spacial score (nSPS) is 16.3. The number of carbonyl (C=O) groups is 1. The minimum absolute atomic E-state index is 0.0620. The molecule has 0 spiro atoms. The molecule has 5 heteroatoms. The highest BCUT2D eigenvalue weighted by Gasteiger charge is 2.19. The Hall–Kier alpha value is -1.13. The van der Waals surface area contributed by atoms with Gasteiger partial charge in [-0.3, -0.25) is 9.48 Å². The molecule has 2 aromatic rings. The van der Waals surface area contributed by atoms with Crippen LogP contribution in [0.4, 0.5) is 0 Å².